The van der Waals surface area contributed by atoms with Crippen LogP contribution in [0.15, 0.2) is 59.2 Å². The first kappa shape index (κ1) is 17.0. The highest BCUT2D eigenvalue weighted by molar-refractivity contribution is 5.90. The van der Waals surface area contributed by atoms with Crippen LogP contribution in [0.3, 0.4) is 0 Å². The second-order valence-corrected chi connectivity index (χ2v) is 6.41. The number of carbonyl (C=O) groups excluding carboxylic acids is 1. The van der Waals surface area contributed by atoms with Gasteiger partial charge in [0.2, 0.25) is 5.82 Å². The minimum absolute atomic E-state index is 0.124. The van der Waals surface area contributed by atoms with Crippen molar-refractivity contribution in [2.45, 2.75) is 26.9 Å². The average molecular weight is 361 g/mol. The summed E-state index contributed by atoms with van der Waals surface area (Å²) in [5.74, 6) is 0.984. The van der Waals surface area contributed by atoms with Crippen molar-refractivity contribution in [3.8, 4) is 0 Å². The number of aromatic nitrogens is 4. The maximum Gasteiger partial charge on any atom is 0.294 e. The monoisotopic (exact) mass is 361 g/mol. The van der Waals surface area contributed by atoms with Crippen molar-refractivity contribution in [2.75, 3.05) is 0 Å². The molecule has 0 N–H and O–H groups in total. The Hall–Kier alpha value is -3.48. The largest absolute Gasteiger partial charge is 0.467 e. The van der Waals surface area contributed by atoms with Gasteiger partial charge in [0.05, 0.1) is 12.8 Å². The van der Waals surface area contributed by atoms with Crippen molar-refractivity contribution >= 4 is 11.7 Å². The van der Waals surface area contributed by atoms with E-state index in [0.717, 1.165) is 17.0 Å². The topological polar surface area (TPSA) is 76.5 Å². The van der Waals surface area contributed by atoms with Gasteiger partial charge in [-0.05, 0) is 37.6 Å². The van der Waals surface area contributed by atoms with Crippen molar-refractivity contribution in [3.63, 3.8) is 0 Å². The van der Waals surface area contributed by atoms with Gasteiger partial charge < -0.3 is 9.32 Å². The number of hydrogen-bond acceptors (Lipinski definition) is 5. The van der Waals surface area contributed by atoms with Crippen molar-refractivity contribution in [2.24, 2.45) is 0 Å². The first-order chi connectivity index (χ1) is 13.1. The lowest BCUT2D eigenvalue weighted by Crippen LogP contribution is -2.31. The third-order valence-electron chi connectivity index (χ3n) is 4.24. The molecule has 0 aliphatic rings. The first-order valence-electron chi connectivity index (χ1n) is 8.67. The van der Waals surface area contributed by atoms with Crippen LogP contribution in [0.25, 0.3) is 5.78 Å². The molecule has 0 aliphatic carbocycles. The molecular formula is C20H19N5O2. The SMILES string of the molecule is Cc1cc(C)n2nc(C(=O)N(Cc3ccccc3)Cc3ccco3)nc2n1. The first-order valence-corrected chi connectivity index (χ1v) is 8.67. The molecule has 27 heavy (non-hydrogen) atoms. The highest BCUT2D eigenvalue weighted by Crippen LogP contribution is 2.14. The van der Waals surface area contributed by atoms with E-state index in [1.165, 1.54) is 0 Å². The number of rotatable bonds is 5. The molecule has 0 aliphatic heterocycles. The molecule has 0 radical (unpaired) electrons. The third kappa shape index (κ3) is 3.57. The number of nitrogens with zero attached hydrogens (tertiary/aromatic N) is 5. The zero-order valence-electron chi connectivity index (χ0n) is 15.2. The molecule has 0 spiro atoms. The van der Waals surface area contributed by atoms with Crippen molar-refractivity contribution in [3.05, 3.63) is 83.3 Å². The van der Waals surface area contributed by atoms with E-state index >= 15 is 0 Å². The smallest absolute Gasteiger partial charge is 0.294 e. The predicted octanol–water partition coefficient (Wildman–Crippen LogP) is 3.18. The Morgan fingerprint density at radius 3 is 2.63 bits per heavy atom. The van der Waals surface area contributed by atoms with Gasteiger partial charge in [-0.3, -0.25) is 4.79 Å². The van der Waals surface area contributed by atoms with Crippen LogP contribution in [0.5, 0.6) is 0 Å². The number of carbonyl (C=O) groups is 1. The average Bonchev–Trinajstić information content (AvgIpc) is 3.31. The van der Waals surface area contributed by atoms with Crippen LogP contribution in [0.4, 0.5) is 0 Å². The second kappa shape index (κ2) is 7.03. The molecule has 7 heteroatoms. The van der Waals surface area contributed by atoms with E-state index in [-0.39, 0.29) is 11.7 Å². The molecule has 0 saturated carbocycles. The molecule has 3 aromatic heterocycles. The van der Waals surface area contributed by atoms with Gasteiger partial charge in [0.25, 0.3) is 11.7 Å². The van der Waals surface area contributed by atoms with E-state index in [4.69, 9.17) is 4.42 Å². The molecule has 0 bridgehead atoms. The van der Waals surface area contributed by atoms with Gasteiger partial charge in [-0.25, -0.2) is 9.50 Å². The number of benzene rings is 1. The number of furan rings is 1. The van der Waals surface area contributed by atoms with Gasteiger partial charge in [0.15, 0.2) is 0 Å². The van der Waals surface area contributed by atoms with E-state index in [2.05, 4.69) is 15.1 Å². The highest BCUT2D eigenvalue weighted by atomic mass is 16.3. The lowest BCUT2D eigenvalue weighted by molar-refractivity contribution is 0.0705. The lowest BCUT2D eigenvalue weighted by atomic mass is 10.2. The molecule has 7 nitrogen and oxygen atoms in total. The van der Waals surface area contributed by atoms with Crippen LogP contribution in [0.1, 0.15) is 33.3 Å². The van der Waals surface area contributed by atoms with E-state index in [0.29, 0.717) is 24.6 Å². The molecule has 0 fully saturated rings. The van der Waals surface area contributed by atoms with Crippen molar-refractivity contribution in [1.29, 1.82) is 0 Å². The van der Waals surface area contributed by atoms with Crippen LogP contribution in [0, 0.1) is 13.8 Å². The zero-order chi connectivity index (χ0) is 18.8. The van der Waals surface area contributed by atoms with Crippen LogP contribution in [-0.2, 0) is 13.1 Å². The molecular weight excluding hydrogens is 342 g/mol. The summed E-state index contributed by atoms with van der Waals surface area (Å²) >= 11 is 0. The molecule has 1 amide bonds. The summed E-state index contributed by atoms with van der Waals surface area (Å²) < 4.78 is 7.02. The van der Waals surface area contributed by atoms with E-state index in [1.54, 1.807) is 21.7 Å². The quantitative estimate of drug-likeness (QED) is 0.546. The normalized spacial score (nSPS) is 11.0. The number of amides is 1. The molecule has 0 unspecified atom stereocenters. The Bertz CT molecular complexity index is 1070. The lowest BCUT2D eigenvalue weighted by Gasteiger charge is -2.20. The Kier molecular flexibility index (Phi) is 4.42. The molecule has 4 aromatic rings. The van der Waals surface area contributed by atoms with E-state index < -0.39 is 0 Å². The molecule has 3 heterocycles. The minimum atomic E-state index is -0.266. The maximum atomic E-state index is 13.2. The summed E-state index contributed by atoms with van der Waals surface area (Å²) in [5, 5.41) is 4.37. The fraction of sp³-hybridized carbons (Fsp3) is 0.200. The van der Waals surface area contributed by atoms with E-state index in [1.807, 2.05) is 56.3 Å². The maximum absolute atomic E-state index is 13.2. The highest BCUT2D eigenvalue weighted by Gasteiger charge is 2.23. The van der Waals surface area contributed by atoms with Gasteiger partial charge >= 0.3 is 0 Å². The van der Waals surface area contributed by atoms with Crippen LogP contribution in [-0.4, -0.2) is 30.4 Å². The summed E-state index contributed by atoms with van der Waals surface area (Å²) in [6.45, 7) is 4.57. The Morgan fingerprint density at radius 1 is 1.07 bits per heavy atom. The van der Waals surface area contributed by atoms with Crippen molar-refractivity contribution in [1.82, 2.24) is 24.5 Å². The standard InChI is InChI=1S/C20H19N5O2/c1-14-11-15(2)25-20(21-14)22-18(23-25)19(26)24(13-17-9-6-10-27-17)12-16-7-4-3-5-8-16/h3-11H,12-13H2,1-2H3. The van der Waals surface area contributed by atoms with Crippen LogP contribution in [0.2, 0.25) is 0 Å². The van der Waals surface area contributed by atoms with Gasteiger partial charge in [-0.15, -0.1) is 5.10 Å². The second-order valence-electron chi connectivity index (χ2n) is 6.41. The molecule has 1 aromatic carbocycles. The zero-order valence-corrected chi connectivity index (χ0v) is 15.2. The number of aryl methyl sites for hydroxylation is 2. The van der Waals surface area contributed by atoms with Crippen LogP contribution >= 0.6 is 0 Å². The summed E-state index contributed by atoms with van der Waals surface area (Å²) in [5.41, 5.74) is 2.74. The minimum Gasteiger partial charge on any atom is -0.467 e. The summed E-state index contributed by atoms with van der Waals surface area (Å²) in [4.78, 5) is 23.5. The fourth-order valence-corrected chi connectivity index (χ4v) is 2.99. The molecule has 136 valence electrons. The Labute approximate surface area is 156 Å². The van der Waals surface area contributed by atoms with Gasteiger partial charge in [0.1, 0.15) is 5.76 Å². The van der Waals surface area contributed by atoms with Crippen LogP contribution < -0.4 is 0 Å². The summed E-state index contributed by atoms with van der Waals surface area (Å²) in [6.07, 6.45) is 1.60. The fourth-order valence-electron chi connectivity index (χ4n) is 2.99. The van der Waals surface area contributed by atoms with E-state index in [9.17, 15) is 4.79 Å². The summed E-state index contributed by atoms with van der Waals surface area (Å²) in [7, 11) is 0. The third-order valence-corrected chi connectivity index (χ3v) is 4.24. The Balaban J connectivity index is 1.68. The van der Waals surface area contributed by atoms with Gasteiger partial charge in [-0.1, -0.05) is 30.3 Å². The molecule has 0 atom stereocenters. The Morgan fingerprint density at radius 2 is 1.89 bits per heavy atom. The van der Waals surface area contributed by atoms with Crippen molar-refractivity contribution < 1.29 is 9.21 Å². The predicted molar refractivity (Wildman–Crippen MR) is 99.0 cm³/mol. The molecule has 0 saturated heterocycles. The van der Waals surface area contributed by atoms with Gasteiger partial charge in [0, 0.05) is 17.9 Å². The number of fused-ring (bicyclic) bond motifs is 1. The summed E-state index contributed by atoms with van der Waals surface area (Å²) in [6, 6.07) is 15.4. The van der Waals surface area contributed by atoms with Gasteiger partial charge in [-0.2, -0.15) is 4.98 Å². The number of hydrogen-bond donors (Lipinski definition) is 0. The molecule has 4 rings (SSSR count).